The summed E-state index contributed by atoms with van der Waals surface area (Å²) in [5, 5.41) is 2.88. The van der Waals surface area contributed by atoms with E-state index in [0.29, 0.717) is 11.5 Å². The molecule has 1 amide bonds. The van der Waals surface area contributed by atoms with Crippen molar-refractivity contribution in [2.24, 2.45) is 5.92 Å². The number of hydrogen-bond donors (Lipinski definition) is 1. The van der Waals surface area contributed by atoms with Crippen molar-refractivity contribution in [3.8, 4) is 5.82 Å². The van der Waals surface area contributed by atoms with Gasteiger partial charge in [-0.3, -0.25) is 9.36 Å². The molecule has 0 atom stereocenters. The predicted octanol–water partition coefficient (Wildman–Crippen LogP) is 3.22. The minimum absolute atomic E-state index is 0.259. The summed E-state index contributed by atoms with van der Waals surface area (Å²) in [4.78, 5) is 29.9. The van der Waals surface area contributed by atoms with Crippen LogP contribution in [0, 0.1) is 5.92 Å². The normalized spacial score (nSPS) is 14.6. The van der Waals surface area contributed by atoms with E-state index in [0.717, 1.165) is 36.2 Å². The number of imidazole rings is 1. The molecule has 1 saturated heterocycles. The van der Waals surface area contributed by atoms with Crippen LogP contribution < -0.4 is 15.1 Å². The van der Waals surface area contributed by atoms with Crippen molar-refractivity contribution >= 4 is 23.1 Å². The van der Waals surface area contributed by atoms with Gasteiger partial charge >= 0.3 is 0 Å². The highest BCUT2D eigenvalue weighted by Crippen LogP contribution is 2.22. The number of nitrogens with zero attached hydrogens (tertiary/aromatic N) is 6. The van der Waals surface area contributed by atoms with Crippen molar-refractivity contribution < 1.29 is 4.79 Å². The van der Waals surface area contributed by atoms with Crippen molar-refractivity contribution in [1.82, 2.24) is 19.5 Å². The van der Waals surface area contributed by atoms with Gasteiger partial charge in [0.05, 0.1) is 0 Å². The number of anilines is 3. The van der Waals surface area contributed by atoms with E-state index in [-0.39, 0.29) is 5.91 Å². The van der Waals surface area contributed by atoms with E-state index in [1.54, 1.807) is 23.4 Å². The van der Waals surface area contributed by atoms with Crippen molar-refractivity contribution in [2.75, 3.05) is 42.3 Å². The maximum Gasteiger partial charge on any atom is 0.275 e. The van der Waals surface area contributed by atoms with Crippen molar-refractivity contribution in [1.29, 1.82) is 0 Å². The third-order valence-corrected chi connectivity index (χ3v) is 5.47. The zero-order valence-electron chi connectivity index (χ0n) is 17.6. The molecule has 3 heterocycles. The Hall–Kier alpha value is -3.42. The van der Waals surface area contributed by atoms with Gasteiger partial charge in [-0.05, 0) is 43.0 Å². The average Bonchev–Trinajstić information content (AvgIpc) is 3.25. The van der Waals surface area contributed by atoms with E-state index in [1.807, 2.05) is 49.3 Å². The lowest BCUT2D eigenvalue weighted by Crippen LogP contribution is -2.33. The van der Waals surface area contributed by atoms with Gasteiger partial charge in [-0.2, -0.15) is 0 Å². The molecular weight excluding hydrogens is 378 g/mol. The van der Waals surface area contributed by atoms with Gasteiger partial charge in [-0.15, -0.1) is 0 Å². The van der Waals surface area contributed by atoms with E-state index in [1.165, 1.54) is 12.8 Å². The Bertz CT molecular complexity index is 1000. The van der Waals surface area contributed by atoms with E-state index in [9.17, 15) is 4.79 Å². The Balaban J connectivity index is 1.46. The second-order valence-corrected chi connectivity index (χ2v) is 7.97. The molecular formula is C22H27N7O. The molecule has 3 aromatic rings. The monoisotopic (exact) mass is 405 g/mol. The van der Waals surface area contributed by atoms with Crippen LogP contribution in [-0.2, 0) is 0 Å². The minimum Gasteiger partial charge on any atom is -0.378 e. The number of carbonyl (C=O) groups excluding carboxylic acids is 1. The second-order valence-electron chi connectivity index (χ2n) is 7.97. The maximum atomic E-state index is 12.6. The number of benzene rings is 1. The minimum atomic E-state index is -0.259. The molecule has 1 aromatic carbocycles. The van der Waals surface area contributed by atoms with E-state index >= 15 is 0 Å². The fourth-order valence-electron chi connectivity index (χ4n) is 3.49. The third kappa shape index (κ3) is 4.42. The van der Waals surface area contributed by atoms with Crippen LogP contribution in [0.2, 0.25) is 0 Å². The fourth-order valence-corrected chi connectivity index (χ4v) is 3.49. The van der Waals surface area contributed by atoms with Crippen molar-refractivity contribution in [3.63, 3.8) is 0 Å². The predicted molar refractivity (Wildman–Crippen MR) is 118 cm³/mol. The Kier molecular flexibility index (Phi) is 5.65. The molecule has 156 valence electrons. The Morgan fingerprint density at radius 3 is 2.47 bits per heavy atom. The number of nitrogens with one attached hydrogen (secondary N) is 1. The molecule has 1 aliphatic rings. The second kappa shape index (κ2) is 8.52. The summed E-state index contributed by atoms with van der Waals surface area (Å²) in [6.07, 6.45) is 7.20. The number of hydrogen-bond acceptors (Lipinski definition) is 6. The van der Waals surface area contributed by atoms with Gasteiger partial charge in [0.25, 0.3) is 5.91 Å². The Labute approximate surface area is 176 Å². The van der Waals surface area contributed by atoms with Crippen LogP contribution in [0.5, 0.6) is 0 Å². The first kappa shape index (κ1) is 19.9. The Morgan fingerprint density at radius 1 is 1.07 bits per heavy atom. The lowest BCUT2D eigenvalue weighted by Gasteiger charge is -2.31. The summed E-state index contributed by atoms with van der Waals surface area (Å²) in [6.45, 7) is 4.29. The Morgan fingerprint density at radius 2 is 1.77 bits per heavy atom. The molecule has 4 rings (SSSR count). The molecule has 1 aliphatic heterocycles. The molecule has 0 radical (unpaired) electrons. The highest BCUT2D eigenvalue weighted by atomic mass is 16.1. The van der Waals surface area contributed by atoms with Gasteiger partial charge in [0.1, 0.15) is 30.0 Å². The molecule has 1 N–H and O–H groups in total. The summed E-state index contributed by atoms with van der Waals surface area (Å²) in [6, 6.07) is 9.61. The molecule has 1 fully saturated rings. The molecule has 0 unspecified atom stereocenters. The van der Waals surface area contributed by atoms with Gasteiger partial charge in [0.2, 0.25) is 0 Å². The van der Waals surface area contributed by atoms with Crippen LogP contribution in [-0.4, -0.2) is 52.6 Å². The van der Waals surface area contributed by atoms with Crippen LogP contribution in [0.15, 0.2) is 49.2 Å². The summed E-state index contributed by atoms with van der Waals surface area (Å²) in [7, 11) is 3.95. The zero-order valence-corrected chi connectivity index (χ0v) is 17.6. The maximum absolute atomic E-state index is 12.6. The van der Waals surface area contributed by atoms with Gasteiger partial charge in [-0.25, -0.2) is 15.0 Å². The third-order valence-electron chi connectivity index (χ3n) is 5.47. The standard InChI is InChI=1S/C22H27N7O/c1-16-8-10-28(11-9-16)20-12-21(24-14-23-20)29-13-19(25-15-29)22(30)26-17-4-6-18(7-5-17)27(2)3/h4-7,12-16H,8-11H2,1-3H3,(H,26,30). The first-order chi connectivity index (χ1) is 14.5. The van der Waals surface area contributed by atoms with Gasteiger partial charge in [0.15, 0.2) is 0 Å². The van der Waals surface area contributed by atoms with Crippen molar-refractivity contribution in [2.45, 2.75) is 19.8 Å². The quantitative estimate of drug-likeness (QED) is 0.702. The lowest BCUT2D eigenvalue weighted by molar-refractivity contribution is 0.102. The summed E-state index contributed by atoms with van der Waals surface area (Å²) >= 11 is 0. The number of aromatic nitrogens is 4. The first-order valence-corrected chi connectivity index (χ1v) is 10.2. The van der Waals surface area contributed by atoms with Crippen LogP contribution >= 0.6 is 0 Å². The smallest absolute Gasteiger partial charge is 0.275 e. The fraction of sp³-hybridized carbons (Fsp3) is 0.364. The molecule has 30 heavy (non-hydrogen) atoms. The molecule has 0 aliphatic carbocycles. The topological polar surface area (TPSA) is 79.2 Å². The van der Waals surface area contributed by atoms with E-state index in [2.05, 4.69) is 32.1 Å². The lowest BCUT2D eigenvalue weighted by atomic mass is 9.99. The summed E-state index contributed by atoms with van der Waals surface area (Å²) < 4.78 is 1.75. The van der Waals surface area contributed by atoms with E-state index in [4.69, 9.17) is 0 Å². The summed E-state index contributed by atoms with van der Waals surface area (Å²) in [5.41, 5.74) is 2.13. The molecule has 8 heteroatoms. The number of rotatable bonds is 5. The summed E-state index contributed by atoms with van der Waals surface area (Å²) in [5.74, 6) is 2.11. The highest BCUT2D eigenvalue weighted by Gasteiger charge is 2.18. The van der Waals surface area contributed by atoms with Gasteiger partial charge < -0.3 is 15.1 Å². The highest BCUT2D eigenvalue weighted by molar-refractivity contribution is 6.02. The van der Waals surface area contributed by atoms with Crippen molar-refractivity contribution in [3.05, 3.63) is 54.9 Å². The molecule has 2 aromatic heterocycles. The average molecular weight is 406 g/mol. The molecule has 0 saturated carbocycles. The van der Waals surface area contributed by atoms with Gasteiger partial charge in [-0.1, -0.05) is 6.92 Å². The molecule has 8 nitrogen and oxygen atoms in total. The first-order valence-electron chi connectivity index (χ1n) is 10.2. The van der Waals surface area contributed by atoms with E-state index < -0.39 is 0 Å². The van der Waals surface area contributed by atoms with Crippen LogP contribution in [0.25, 0.3) is 5.82 Å². The van der Waals surface area contributed by atoms with Gasteiger partial charge in [0, 0.05) is 50.8 Å². The molecule has 0 spiro atoms. The zero-order chi connectivity index (χ0) is 21.1. The van der Waals surface area contributed by atoms with Crippen LogP contribution in [0.4, 0.5) is 17.2 Å². The largest absolute Gasteiger partial charge is 0.378 e. The number of carbonyl (C=O) groups is 1. The number of piperidine rings is 1. The SMILES string of the molecule is CC1CCN(c2cc(-n3cnc(C(=O)Nc4ccc(N(C)C)cc4)c3)ncn2)CC1. The van der Waals surface area contributed by atoms with Crippen LogP contribution in [0.3, 0.4) is 0 Å². The number of amides is 1. The molecule has 0 bridgehead atoms. The van der Waals surface area contributed by atoms with Crippen LogP contribution in [0.1, 0.15) is 30.3 Å².